The number of carboxylic acids is 1. The highest BCUT2D eigenvalue weighted by Gasteiger charge is 2.21. The van der Waals surface area contributed by atoms with E-state index in [1.54, 1.807) is 0 Å². The third-order valence-corrected chi connectivity index (χ3v) is 5.32. The number of aliphatic hydroxyl groups excluding tert-OH is 1. The summed E-state index contributed by atoms with van der Waals surface area (Å²) in [5, 5.41) is 18.3. The lowest BCUT2D eigenvalue weighted by Gasteiger charge is -2.12. The smallest absolute Gasteiger partial charge is 0.340 e. The number of benzene rings is 2. The number of carboxylic acid groups (broad SMARTS) is 1. The number of rotatable bonds is 10. The second kappa shape index (κ2) is 10.6. The molecule has 0 aliphatic heterocycles. The van der Waals surface area contributed by atoms with Crippen molar-refractivity contribution in [1.82, 2.24) is 4.57 Å². The second-order valence-corrected chi connectivity index (χ2v) is 7.85. The van der Waals surface area contributed by atoms with E-state index in [0.29, 0.717) is 17.8 Å². The molecule has 3 rings (SSSR count). The fourth-order valence-corrected chi connectivity index (χ4v) is 3.34. The minimum absolute atomic E-state index is 0.0133. The molecule has 0 amide bonds. The molecule has 0 saturated heterocycles. The lowest BCUT2D eigenvalue weighted by atomic mass is 10.0. The Kier molecular flexibility index (Phi) is 7.64. The summed E-state index contributed by atoms with van der Waals surface area (Å²) in [5.41, 5.74) is 5.22. The third kappa shape index (κ3) is 6.08. The van der Waals surface area contributed by atoms with Crippen molar-refractivity contribution in [3.8, 4) is 0 Å². The molecule has 3 aromatic rings. The molecular formula is C27H27NO5. The number of aliphatic carboxylic acids is 1. The highest BCUT2D eigenvalue weighted by molar-refractivity contribution is 6.08. The number of carbonyl (C=O) groups excluding carboxylic acids is 1. The predicted molar refractivity (Wildman–Crippen MR) is 127 cm³/mol. The molecule has 0 fully saturated rings. The quantitative estimate of drug-likeness (QED) is 0.332. The first-order valence-corrected chi connectivity index (χ1v) is 10.5. The molecule has 6 nitrogen and oxygen atoms in total. The van der Waals surface area contributed by atoms with Gasteiger partial charge in [0, 0.05) is 18.3 Å². The van der Waals surface area contributed by atoms with Crippen LogP contribution in [0.15, 0.2) is 85.3 Å². The second-order valence-electron chi connectivity index (χ2n) is 7.85. The fraction of sp³-hybridized carbons (Fsp3) is 0.185. The first-order valence-electron chi connectivity index (χ1n) is 10.5. The summed E-state index contributed by atoms with van der Waals surface area (Å²) < 4.78 is 7.15. The number of aryl methyl sites for hydroxylation is 1. The number of allylic oxidation sites excluding steroid dienone is 2. The zero-order chi connectivity index (χ0) is 24.0. The molecule has 1 atom stereocenters. The zero-order valence-corrected chi connectivity index (χ0v) is 18.7. The standard InChI is InChI=1S/C27H27NO5/c1-18-6-10-23(11-7-18)25(30)24-5-4-15-28(24)16-14-19(2)22-12-8-21(9-13-22)17-33-26(20(3)29)27(31)32/h4-15,26,29H,3,16-17H2,1-2H3,(H,31,32)/b19-14+/t26-/m1/s1. The third-order valence-electron chi connectivity index (χ3n) is 5.32. The summed E-state index contributed by atoms with van der Waals surface area (Å²) in [5.74, 6) is -1.84. The van der Waals surface area contributed by atoms with E-state index >= 15 is 0 Å². The van der Waals surface area contributed by atoms with Crippen LogP contribution >= 0.6 is 0 Å². The van der Waals surface area contributed by atoms with Gasteiger partial charge in [-0.2, -0.15) is 0 Å². The Morgan fingerprint density at radius 3 is 2.27 bits per heavy atom. The Bertz CT molecular complexity index is 1160. The first kappa shape index (κ1) is 23.8. The Hall–Kier alpha value is -3.90. The van der Waals surface area contributed by atoms with E-state index in [2.05, 4.69) is 6.58 Å². The number of hydrogen-bond donors (Lipinski definition) is 2. The van der Waals surface area contributed by atoms with Gasteiger partial charge in [0.25, 0.3) is 0 Å². The minimum atomic E-state index is -1.45. The van der Waals surface area contributed by atoms with Crippen LogP contribution < -0.4 is 0 Å². The molecular weight excluding hydrogens is 418 g/mol. The summed E-state index contributed by atoms with van der Waals surface area (Å²) >= 11 is 0. The predicted octanol–water partition coefficient (Wildman–Crippen LogP) is 5.17. The maximum atomic E-state index is 12.9. The number of hydrogen-bond acceptors (Lipinski definition) is 4. The van der Waals surface area contributed by atoms with Crippen molar-refractivity contribution in [2.45, 2.75) is 33.1 Å². The molecule has 0 spiro atoms. The van der Waals surface area contributed by atoms with E-state index in [1.807, 2.05) is 91.4 Å². The number of aromatic nitrogens is 1. The average Bonchev–Trinajstić information content (AvgIpc) is 3.26. The molecule has 1 aromatic heterocycles. The molecule has 2 N–H and O–H groups in total. The van der Waals surface area contributed by atoms with E-state index in [4.69, 9.17) is 9.84 Å². The summed E-state index contributed by atoms with van der Waals surface area (Å²) in [7, 11) is 0. The van der Waals surface area contributed by atoms with E-state index in [-0.39, 0.29) is 12.4 Å². The Balaban J connectivity index is 1.65. The molecule has 2 aromatic carbocycles. The van der Waals surface area contributed by atoms with Crippen LogP contribution in [0, 0.1) is 6.92 Å². The van der Waals surface area contributed by atoms with Gasteiger partial charge in [-0.3, -0.25) is 4.79 Å². The number of ether oxygens (including phenoxy) is 1. The molecule has 0 radical (unpaired) electrons. The Morgan fingerprint density at radius 2 is 1.67 bits per heavy atom. The van der Waals surface area contributed by atoms with E-state index in [0.717, 1.165) is 22.3 Å². The van der Waals surface area contributed by atoms with Gasteiger partial charge in [-0.25, -0.2) is 4.79 Å². The van der Waals surface area contributed by atoms with E-state index in [9.17, 15) is 14.7 Å². The van der Waals surface area contributed by atoms with Crippen LogP contribution in [0.3, 0.4) is 0 Å². The van der Waals surface area contributed by atoms with Crippen molar-refractivity contribution >= 4 is 17.3 Å². The average molecular weight is 446 g/mol. The Labute approximate surface area is 193 Å². The Morgan fingerprint density at radius 1 is 1.03 bits per heavy atom. The van der Waals surface area contributed by atoms with Crippen molar-refractivity contribution in [2.24, 2.45) is 0 Å². The largest absolute Gasteiger partial charge is 0.510 e. The van der Waals surface area contributed by atoms with Gasteiger partial charge in [0.1, 0.15) is 5.76 Å². The van der Waals surface area contributed by atoms with Crippen LogP contribution in [-0.2, 0) is 22.7 Å². The van der Waals surface area contributed by atoms with Gasteiger partial charge in [-0.15, -0.1) is 0 Å². The van der Waals surface area contributed by atoms with Gasteiger partial charge >= 0.3 is 5.97 Å². The SMILES string of the molecule is C=C(O)[C@@H](OCc1ccc(/C(C)=C/Cn2cccc2C(=O)c2ccc(C)cc2)cc1)C(=O)O. The number of ketones is 1. The highest BCUT2D eigenvalue weighted by Crippen LogP contribution is 2.18. The van der Waals surface area contributed by atoms with Crippen LogP contribution in [0.1, 0.15) is 39.7 Å². The molecule has 0 aliphatic rings. The van der Waals surface area contributed by atoms with Crippen LogP contribution in [0.4, 0.5) is 0 Å². The summed E-state index contributed by atoms with van der Waals surface area (Å²) in [6.07, 6.45) is 2.48. The number of carbonyl (C=O) groups is 2. The van der Waals surface area contributed by atoms with Crippen LogP contribution in [-0.4, -0.2) is 32.6 Å². The van der Waals surface area contributed by atoms with E-state index in [1.165, 1.54) is 0 Å². The summed E-state index contributed by atoms with van der Waals surface area (Å²) in [6.45, 7) is 7.79. The van der Waals surface area contributed by atoms with Gasteiger partial charge < -0.3 is 19.5 Å². The topological polar surface area (TPSA) is 88.8 Å². The van der Waals surface area contributed by atoms with Crippen molar-refractivity contribution in [1.29, 1.82) is 0 Å². The minimum Gasteiger partial charge on any atom is -0.510 e. The van der Waals surface area contributed by atoms with Gasteiger partial charge in [-0.1, -0.05) is 66.7 Å². The molecule has 0 bridgehead atoms. The first-order chi connectivity index (χ1) is 15.8. The van der Waals surface area contributed by atoms with Crippen molar-refractivity contribution in [3.63, 3.8) is 0 Å². The van der Waals surface area contributed by atoms with E-state index < -0.39 is 17.8 Å². The maximum Gasteiger partial charge on any atom is 0.340 e. The number of nitrogens with zero attached hydrogens (tertiary/aromatic N) is 1. The molecule has 0 unspecified atom stereocenters. The van der Waals surface area contributed by atoms with Crippen molar-refractivity contribution in [2.75, 3.05) is 0 Å². The van der Waals surface area contributed by atoms with Gasteiger partial charge in [0.15, 0.2) is 0 Å². The fourth-order valence-electron chi connectivity index (χ4n) is 3.34. The number of aliphatic hydroxyl groups is 1. The monoisotopic (exact) mass is 445 g/mol. The van der Waals surface area contributed by atoms with Gasteiger partial charge in [0.2, 0.25) is 11.9 Å². The molecule has 170 valence electrons. The lowest BCUT2D eigenvalue weighted by Crippen LogP contribution is -2.25. The molecule has 0 aliphatic carbocycles. The van der Waals surface area contributed by atoms with Gasteiger partial charge in [-0.05, 0) is 42.7 Å². The molecule has 33 heavy (non-hydrogen) atoms. The normalized spacial score (nSPS) is 12.4. The molecule has 0 saturated carbocycles. The van der Waals surface area contributed by atoms with Crippen LogP contribution in [0.2, 0.25) is 0 Å². The molecule has 1 heterocycles. The molecule has 6 heteroatoms. The van der Waals surface area contributed by atoms with Crippen LogP contribution in [0.25, 0.3) is 5.57 Å². The summed E-state index contributed by atoms with van der Waals surface area (Å²) in [4.78, 5) is 23.9. The van der Waals surface area contributed by atoms with Gasteiger partial charge in [0.05, 0.1) is 12.3 Å². The lowest BCUT2D eigenvalue weighted by molar-refractivity contribution is -0.150. The van der Waals surface area contributed by atoms with Crippen molar-refractivity contribution in [3.05, 3.63) is 113 Å². The maximum absolute atomic E-state index is 12.9. The van der Waals surface area contributed by atoms with Crippen LogP contribution in [0.5, 0.6) is 0 Å². The zero-order valence-electron chi connectivity index (χ0n) is 18.7. The van der Waals surface area contributed by atoms with Crippen molar-refractivity contribution < 1.29 is 24.5 Å². The highest BCUT2D eigenvalue weighted by atomic mass is 16.5. The summed E-state index contributed by atoms with van der Waals surface area (Å²) in [6, 6.07) is 18.8.